The van der Waals surface area contributed by atoms with Crippen molar-refractivity contribution in [1.29, 1.82) is 10.8 Å². The van der Waals surface area contributed by atoms with E-state index >= 15 is 0 Å². The highest BCUT2D eigenvalue weighted by atomic mass is 32.2. The smallest absolute Gasteiger partial charge is 0.318 e. The van der Waals surface area contributed by atoms with E-state index < -0.39 is 15.9 Å². The number of aryl methyl sites for hydroxylation is 1. The number of anilines is 2. The standard InChI is InChI=1S/C22H25N7O3S3/c1-11-7-13(28-21(25)26)9-15(29-22(30)27-2)18(11)12-5-4-6-14(8-12)35(31,32)17-10-16(19(23)24)34-20(17)33-3/h4-10H,1-3H3,(H3,23,24)(H4,25,26,28)(H2,27,29,30). The highest BCUT2D eigenvalue weighted by Crippen LogP contribution is 2.39. The molecule has 0 aliphatic rings. The van der Waals surface area contributed by atoms with Gasteiger partial charge in [-0.25, -0.2) is 13.2 Å². The number of amidine groups is 1. The van der Waals surface area contributed by atoms with Crippen molar-refractivity contribution in [2.45, 2.75) is 20.9 Å². The van der Waals surface area contributed by atoms with Gasteiger partial charge in [0.15, 0.2) is 5.96 Å². The van der Waals surface area contributed by atoms with Gasteiger partial charge >= 0.3 is 6.03 Å². The molecule has 0 radical (unpaired) electrons. The van der Waals surface area contributed by atoms with Gasteiger partial charge in [-0.1, -0.05) is 12.1 Å². The van der Waals surface area contributed by atoms with Crippen LogP contribution in [0, 0.1) is 17.7 Å². The molecule has 2 aromatic carbocycles. The normalized spacial score (nSPS) is 11.1. The zero-order valence-corrected chi connectivity index (χ0v) is 21.6. The summed E-state index contributed by atoms with van der Waals surface area (Å²) < 4.78 is 27.7. The van der Waals surface area contributed by atoms with Crippen LogP contribution in [0.15, 0.2) is 56.5 Å². The summed E-state index contributed by atoms with van der Waals surface area (Å²) in [5.41, 5.74) is 13.8. The topological polar surface area (TPSA) is 187 Å². The Morgan fingerprint density at radius 3 is 2.40 bits per heavy atom. The number of benzene rings is 2. The van der Waals surface area contributed by atoms with Gasteiger partial charge in [0.05, 0.1) is 24.6 Å². The van der Waals surface area contributed by atoms with Crippen molar-refractivity contribution in [1.82, 2.24) is 5.32 Å². The Hall–Kier alpha value is -3.55. The second-order valence-electron chi connectivity index (χ2n) is 7.37. The minimum Gasteiger partial charge on any atom is -0.383 e. The molecule has 13 heteroatoms. The minimum atomic E-state index is -3.92. The molecule has 1 aromatic heterocycles. The molecule has 0 bridgehead atoms. The molecular weight excluding hydrogens is 506 g/mol. The predicted octanol–water partition coefficient (Wildman–Crippen LogP) is 3.62. The number of carbonyl (C=O) groups excluding carboxylic acids is 1. The van der Waals surface area contributed by atoms with Crippen molar-refractivity contribution >= 4 is 62.1 Å². The van der Waals surface area contributed by atoms with E-state index in [1.54, 1.807) is 43.5 Å². The van der Waals surface area contributed by atoms with Crippen molar-refractivity contribution in [2.24, 2.45) is 11.5 Å². The van der Waals surface area contributed by atoms with E-state index in [1.807, 2.05) is 0 Å². The number of guanidine groups is 1. The maximum atomic E-state index is 13.6. The summed E-state index contributed by atoms with van der Waals surface area (Å²) in [5, 5.41) is 23.1. The van der Waals surface area contributed by atoms with E-state index in [-0.39, 0.29) is 21.6 Å². The molecule has 0 fully saturated rings. The number of nitrogen functional groups attached to an aromatic ring is 1. The third-order valence-corrected chi connectivity index (χ3v) is 9.27. The SMILES string of the molecule is CNC(=O)Nc1cc(NC(=N)N)cc(C)c1-c1cccc(S(=O)(=O)c2cc(C(=N)N)sc2SC)c1. The van der Waals surface area contributed by atoms with Gasteiger partial charge in [-0.05, 0) is 54.6 Å². The second kappa shape index (κ2) is 10.4. The third kappa shape index (κ3) is 5.58. The maximum Gasteiger partial charge on any atom is 0.318 e. The van der Waals surface area contributed by atoms with Crippen molar-refractivity contribution in [2.75, 3.05) is 23.9 Å². The summed E-state index contributed by atoms with van der Waals surface area (Å²) >= 11 is 2.43. The fraction of sp³-hybridized carbons (Fsp3) is 0.136. The van der Waals surface area contributed by atoms with E-state index in [1.165, 1.54) is 30.9 Å². The van der Waals surface area contributed by atoms with Gasteiger partial charge in [0.25, 0.3) is 0 Å². The Labute approximate surface area is 211 Å². The largest absolute Gasteiger partial charge is 0.383 e. The van der Waals surface area contributed by atoms with Crippen LogP contribution in [0.4, 0.5) is 16.2 Å². The molecule has 0 saturated carbocycles. The Kier molecular flexibility index (Phi) is 7.73. The molecule has 10 nitrogen and oxygen atoms in total. The Balaban J connectivity index is 2.17. The van der Waals surface area contributed by atoms with E-state index in [2.05, 4.69) is 16.0 Å². The fourth-order valence-electron chi connectivity index (χ4n) is 3.45. The van der Waals surface area contributed by atoms with Gasteiger partial charge in [-0.3, -0.25) is 10.8 Å². The Morgan fingerprint density at radius 2 is 1.80 bits per heavy atom. The molecule has 184 valence electrons. The van der Waals surface area contributed by atoms with Crippen molar-refractivity contribution in [3.05, 3.63) is 52.9 Å². The molecule has 3 aromatic rings. The second-order valence-corrected chi connectivity index (χ2v) is 11.4. The first-order valence-corrected chi connectivity index (χ1v) is 13.6. The van der Waals surface area contributed by atoms with Crippen LogP contribution in [0.25, 0.3) is 11.1 Å². The lowest BCUT2D eigenvalue weighted by atomic mass is 9.97. The average molecular weight is 532 g/mol. The van der Waals surface area contributed by atoms with Crippen LogP contribution < -0.4 is 27.4 Å². The van der Waals surface area contributed by atoms with E-state index in [0.29, 0.717) is 31.6 Å². The van der Waals surface area contributed by atoms with Crippen LogP contribution in [0.1, 0.15) is 10.4 Å². The lowest BCUT2D eigenvalue weighted by Gasteiger charge is -2.17. The predicted molar refractivity (Wildman–Crippen MR) is 143 cm³/mol. The zero-order chi connectivity index (χ0) is 25.9. The van der Waals surface area contributed by atoms with E-state index in [4.69, 9.17) is 22.3 Å². The van der Waals surface area contributed by atoms with Crippen molar-refractivity contribution in [3.63, 3.8) is 0 Å². The molecule has 0 unspecified atom stereocenters. The van der Waals surface area contributed by atoms with Gasteiger partial charge in [0.1, 0.15) is 5.84 Å². The molecule has 3 rings (SSSR count). The van der Waals surface area contributed by atoms with Crippen LogP contribution >= 0.6 is 23.1 Å². The van der Waals surface area contributed by atoms with Gasteiger partial charge < -0.3 is 27.4 Å². The van der Waals surface area contributed by atoms with Crippen molar-refractivity contribution in [3.8, 4) is 11.1 Å². The van der Waals surface area contributed by atoms with E-state index in [0.717, 1.165) is 16.9 Å². The molecule has 0 aliphatic carbocycles. The molecule has 0 aliphatic heterocycles. The number of nitrogens with two attached hydrogens (primary N) is 2. The number of hydrogen-bond donors (Lipinski definition) is 7. The summed E-state index contributed by atoms with van der Waals surface area (Å²) in [6.45, 7) is 1.81. The first kappa shape index (κ1) is 26.1. The quantitative estimate of drug-likeness (QED) is 0.138. The maximum absolute atomic E-state index is 13.6. The van der Waals surface area contributed by atoms with Crippen LogP contribution in [-0.2, 0) is 9.84 Å². The fourth-order valence-corrected chi connectivity index (χ4v) is 7.35. The van der Waals surface area contributed by atoms with Crippen LogP contribution in [-0.4, -0.2) is 39.5 Å². The highest BCUT2D eigenvalue weighted by molar-refractivity contribution is 8.01. The number of amides is 2. The number of urea groups is 1. The Morgan fingerprint density at radius 1 is 1.09 bits per heavy atom. The van der Waals surface area contributed by atoms with Crippen LogP contribution in [0.2, 0.25) is 0 Å². The highest BCUT2D eigenvalue weighted by Gasteiger charge is 2.26. The van der Waals surface area contributed by atoms with Gasteiger partial charge in [0, 0.05) is 18.3 Å². The summed E-state index contributed by atoms with van der Waals surface area (Å²) in [7, 11) is -2.44. The number of carbonyl (C=O) groups is 1. The number of thiophene rings is 1. The lowest BCUT2D eigenvalue weighted by molar-refractivity contribution is 0.254. The molecule has 9 N–H and O–H groups in total. The summed E-state index contributed by atoms with van der Waals surface area (Å²) in [6, 6.07) is 10.7. The molecule has 0 spiro atoms. The number of rotatable bonds is 7. The summed E-state index contributed by atoms with van der Waals surface area (Å²) in [5.74, 6) is -0.457. The average Bonchev–Trinajstić information content (AvgIpc) is 3.24. The molecule has 0 saturated heterocycles. The molecule has 1 heterocycles. The van der Waals surface area contributed by atoms with E-state index in [9.17, 15) is 13.2 Å². The number of sulfone groups is 1. The first-order valence-electron chi connectivity index (χ1n) is 10.1. The summed E-state index contributed by atoms with van der Waals surface area (Å²) in [4.78, 5) is 12.7. The van der Waals surface area contributed by atoms with Crippen LogP contribution in [0.3, 0.4) is 0 Å². The summed E-state index contributed by atoms with van der Waals surface area (Å²) in [6.07, 6.45) is 1.77. The molecular formula is C22H25N7O3S3. The minimum absolute atomic E-state index is 0.0643. The molecule has 35 heavy (non-hydrogen) atoms. The van der Waals surface area contributed by atoms with Crippen molar-refractivity contribution < 1.29 is 13.2 Å². The first-order chi connectivity index (χ1) is 16.5. The van der Waals surface area contributed by atoms with Gasteiger partial charge in [-0.2, -0.15) is 0 Å². The third-order valence-electron chi connectivity index (χ3n) is 4.93. The lowest BCUT2D eigenvalue weighted by Crippen LogP contribution is -2.25. The number of thioether (sulfide) groups is 1. The molecule has 0 atom stereocenters. The monoisotopic (exact) mass is 531 g/mol. The van der Waals surface area contributed by atoms with Gasteiger partial charge in [0.2, 0.25) is 9.84 Å². The molecule has 2 amide bonds. The zero-order valence-electron chi connectivity index (χ0n) is 19.1. The van der Waals surface area contributed by atoms with Crippen LogP contribution in [0.5, 0.6) is 0 Å². The Bertz CT molecular complexity index is 1430. The number of nitrogens with one attached hydrogen (secondary N) is 5. The number of hydrogen-bond acceptors (Lipinski definition) is 7. The van der Waals surface area contributed by atoms with Gasteiger partial charge in [-0.15, -0.1) is 23.1 Å².